The number of hydrogen-bond acceptors (Lipinski definition) is 2. The third kappa shape index (κ3) is 2.04. The van der Waals surface area contributed by atoms with Crippen molar-refractivity contribution in [1.29, 1.82) is 0 Å². The first-order chi connectivity index (χ1) is 6.75. The highest BCUT2D eigenvalue weighted by Crippen LogP contribution is 2.21. The lowest BCUT2D eigenvalue weighted by Gasteiger charge is -2.26. The molecule has 0 aromatic heterocycles. The first kappa shape index (κ1) is 9.46. The number of halogens is 1. The van der Waals surface area contributed by atoms with Crippen LogP contribution < -0.4 is 5.32 Å². The number of phenolic OH excluding ortho intramolecular Hbond substituents is 1. The zero-order chi connectivity index (χ0) is 9.97. The van der Waals surface area contributed by atoms with Gasteiger partial charge in [0.05, 0.1) is 0 Å². The number of phenols is 1. The third-order valence-electron chi connectivity index (χ3n) is 2.73. The van der Waals surface area contributed by atoms with Gasteiger partial charge in [-0.15, -0.1) is 0 Å². The van der Waals surface area contributed by atoms with E-state index in [0.717, 1.165) is 31.5 Å². The molecule has 0 spiro atoms. The average molecular weight is 195 g/mol. The number of nitrogens with one attached hydrogen (secondary N) is 1. The molecule has 2 rings (SSSR count). The topological polar surface area (TPSA) is 32.3 Å². The molecular formula is C11H14FNO. The fourth-order valence-electron chi connectivity index (χ4n) is 1.67. The molecule has 1 heterocycles. The van der Waals surface area contributed by atoms with Crippen molar-refractivity contribution in [3.63, 3.8) is 0 Å². The lowest BCUT2D eigenvalue weighted by molar-refractivity contribution is 0.326. The molecule has 0 unspecified atom stereocenters. The molecule has 76 valence electrons. The highest BCUT2D eigenvalue weighted by molar-refractivity contribution is 5.32. The molecule has 0 saturated carbocycles. The molecule has 2 nitrogen and oxygen atoms in total. The van der Waals surface area contributed by atoms with Crippen molar-refractivity contribution in [3.05, 3.63) is 29.6 Å². The van der Waals surface area contributed by atoms with E-state index in [2.05, 4.69) is 5.32 Å². The Balaban J connectivity index is 1.96. The van der Waals surface area contributed by atoms with E-state index < -0.39 is 0 Å². The molecule has 2 N–H and O–H groups in total. The molecule has 0 amide bonds. The van der Waals surface area contributed by atoms with Crippen molar-refractivity contribution >= 4 is 0 Å². The molecule has 0 radical (unpaired) electrons. The second-order valence-electron chi connectivity index (χ2n) is 3.84. The first-order valence-corrected chi connectivity index (χ1v) is 4.94. The molecule has 0 bridgehead atoms. The molecular weight excluding hydrogens is 181 g/mol. The van der Waals surface area contributed by atoms with Crippen molar-refractivity contribution in [1.82, 2.24) is 5.32 Å². The van der Waals surface area contributed by atoms with Crippen molar-refractivity contribution < 1.29 is 9.50 Å². The second-order valence-corrected chi connectivity index (χ2v) is 3.84. The van der Waals surface area contributed by atoms with Gasteiger partial charge in [-0.3, -0.25) is 0 Å². The predicted molar refractivity (Wildman–Crippen MR) is 52.7 cm³/mol. The van der Waals surface area contributed by atoms with Gasteiger partial charge in [0.15, 0.2) is 0 Å². The minimum Gasteiger partial charge on any atom is -0.508 e. The van der Waals surface area contributed by atoms with Crippen LogP contribution in [0.4, 0.5) is 4.39 Å². The van der Waals surface area contributed by atoms with Crippen molar-refractivity contribution in [3.8, 4) is 5.75 Å². The molecule has 1 fully saturated rings. The summed E-state index contributed by atoms with van der Waals surface area (Å²) in [6.45, 7) is 2.10. The summed E-state index contributed by atoms with van der Waals surface area (Å²) in [4.78, 5) is 0. The molecule has 3 heteroatoms. The number of hydrogen-bond donors (Lipinski definition) is 2. The van der Waals surface area contributed by atoms with E-state index in [1.165, 1.54) is 18.2 Å². The summed E-state index contributed by atoms with van der Waals surface area (Å²) < 4.78 is 12.8. The Morgan fingerprint density at radius 2 is 2.21 bits per heavy atom. The minimum atomic E-state index is -0.274. The zero-order valence-electron chi connectivity index (χ0n) is 7.96. The smallest absolute Gasteiger partial charge is 0.123 e. The Kier molecular flexibility index (Phi) is 2.68. The predicted octanol–water partition coefficient (Wildman–Crippen LogP) is 1.68. The lowest BCUT2D eigenvalue weighted by Crippen LogP contribution is -2.42. The maximum atomic E-state index is 12.8. The fourth-order valence-corrected chi connectivity index (χ4v) is 1.67. The zero-order valence-corrected chi connectivity index (χ0v) is 7.96. The molecule has 0 aliphatic carbocycles. The van der Waals surface area contributed by atoms with Gasteiger partial charge in [0.25, 0.3) is 0 Å². The summed E-state index contributed by atoms with van der Waals surface area (Å²) in [6.07, 6.45) is 1.78. The summed E-state index contributed by atoms with van der Waals surface area (Å²) in [5.74, 6) is 0.626. The van der Waals surface area contributed by atoms with Crippen molar-refractivity contribution in [2.75, 3.05) is 13.1 Å². The maximum absolute atomic E-state index is 12.8. The van der Waals surface area contributed by atoms with E-state index in [-0.39, 0.29) is 11.6 Å². The molecule has 1 aromatic rings. The normalized spacial score (nSPS) is 16.6. The summed E-state index contributed by atoms with van der Waals surface area (Å²) in [6, 6.07) is 4.12. The van der Waals surface area contributed by atoms with E-state index in [1.54, 1.807) is 0 Å². The Morgan fingerprint density at radius 1 is 1.43 bits per heavy atom. The Morgan fingerprint density at radius 3 is 2.86 bits per heavy atom. The van der Waals surface area contributed by atoms with Gasteiger partial charge in [0.1, 0.15) is 11.6 Å². The summed E-state index contributed by atoms with van der Waals surface area (Å²) in [5, 5.41) is 12.6. The Hall–Kier alpha value is -1.09. The van der Waals surface area contributed by atoms with Crippen LogP contribution in [0.3, 0.4) is 0 Å². The molecule has 1 saturated heterocycles. The van der Waals surface area contributed by atoms with Crippen LogP contribution in [-0.4, -0.2) is 18.2 Å². The van der Waals surface area contributed by atoms with Crippen LogP contribution in [0, 0.1) is 11.7 Å². The summed E-state index contributed by atoms with van der Waals surface area (Å²) in [7, 11) is 0. The first-order valence-electron chi connectivity index (χ1n) is 4.94. The Bertz CT molecular complexity index is 323. The van der Waals surface area contributed by atoms with Crippen LogP contribution in [0.25, 0.3) is 0 Å². The molecule has 1 aromatic carbocycles. The lowest BCUT2D eigenvalue weighted by atomic mass is 9.94. The summed E-state index contributed by atoms with van der Waals surface area (Å²) >= 11 is 0. The number of aromatic hydroxyl groups is 1. The highest BCUT2D eigenvalue weighted by atomic mass is 19.1. The van der Waals surface area contributed by atoms with Crippen LogP contribution in [0.5, 0.6) is 5.75 Å². The van der Waals surface area contributed by atoms with Crippen LogP contribution >= 0.6 is 0 Å². The fraction of sp³-hybridized carbons (Fsp3) is 0.455. The molecule has 0 atom stereocenters. The van der Waals surface area contributed by atoms with Gasteiger partial charge in [-0.2, -0.15) is 0 Å². The van der Waals surface area contributed by atoms with E-state index in [9.17, 15) is 9.50 Å². The van der Waals surface area contributed by atoms with Crippen LogP contribution in [0.15, 0.2) is 18.2 Å². The molecule has 1 aliphatic heterocycles. The Labute approximate surface area is 82.8 Å². The molecule has 1 aliphatic rings. The highest BCUT2D eigenvalue weighted by Gasteiger charge is 2.16. The van der Waals surface area contributed by atoms with E-state index in [4.69, 9.17) is 0 Å². The average Bonchev–Trinajstić information content (AvgIpc) is 2.08. The van der Waals surface area contributed by atoms with Crippen molar-refractivity contribution in [2.45, 2.75) is 12.8 Å². The second kappa shape index (κ2) is 3.96. The van der Waals surface area contributed by atoms with Gasteiger partial charge in [-0.05, 0) is 55.6 Å². The standard InChI is InChI=1S/C11H14FNO/c12-10-3-4-11(14)9(5-10)2-1-8-6-13-7-8/h3-5,8,13-14H,1-2,6-7H2. The van der Waals surface area contributed by atoms with Gasteiger partial charge < -0.3 is 10.4 Å². The van der Waals surface area contributed by atoms with Gasteiger partial charge in [-0.1, -0.05) is 0 Å². The van der Waals surface area contributed by atoms with Gasteiger partial charge in [0, 0.05) is 0 Å². The van der Waals surface area contributed by atoms with Crippen LogP contribution in [0.1, 0.15) is 12.0 Å². The summed E-state index contributed by atoms with van der Waals surface area (Å²) in [5.41, 5.74) is 0.719. The van der Waals surface area contributed by atoms with E-state index in [0.29, 0.717) is 5.92 Å². The number of aryl methyl sites for hydroxylation is 1. The van der Waals surface area contributed by atoms with E-state index >= 15 is 0 Å². The van der Waals surface area contributed by atoms with Crippen LogP contribution in [0.2, 0.25) is 0 Å². The van der Waals surface area contributed by atoms with Gasteiger partial charge >= 0.3 is 0 Å². The van der Waals surface area contributed by atoms with Gasteiger partial charge in [0.2, 0.25) is 0 Å². The quantitative estimate of drug-likeness (QED) is 0.769. The van der Waals surface area contributed by atoms with Gasteiger partial charge in [-0.25, -0.2) is 4.39 Å². The van der Waals surface area contributed by atoms with Crippen LogP contribution in [-0.2, 0) is 6.42 Å². The number of rotatable bonds is 3. The third-order valence-corrected chi connectivity index (χ3v) is 2.73. The SMILES string of the molecule is Oc1ccc(F)cc1CCC1CNC1. The maximum Gasteiger partial charge on any atom is 0.123 e. The van der Waals surface area contributed by atoms with E-state index in [1.807, 2.05) is 0 Å². The monoisotopic (exact) mass is 195 g/mol. The molecule has 14 heavy (non-hydrogen) atoms. The number of benzene rings is 1. The minimum absolute atomic E-state index is 0.207. The largest absolute Gasteiger partial charge is 0.508 e. The van der Waals surface area contributed by atoms with Crippen molar-refractivity contribution in [2.24, 2.45) is 5.92 Å².